The molecule has 1 aliphatic heterocycles. The highest BCUT2D eigenvalue weighted by atomic mass is 35.5. The van der Waals surface area contributed by atoms with Crippen LogP contribution in [0.3, 0.4) is 0 Å². The summed E-state index contributed by atoms with van der Waals surface area (Å²) in [6.07, 6.45) is 2.61. The molecule has 1 aliphatic rings. The maximum absolute atomic E-state index is 13.6. The van der Waals surface area contributed by atoms with Crippen LogP contribution in [0.5, 0.6) is 0 Å². The summed E-state index contributed by atoms with van der Waals surface area (Å²) < 4.78 is 28.0. The van der Waals surface area contributed by atoms with E-state index in [0.29, 0.717) is 40.5 Å². The van der Waals surface area contributed by atoms with Crippen LogP contribution in [0.1, 0.15) is 51.5 Å². The van der Waals surface area contributed by atoms with Gasteiger partial charge in [-0.1, -0.05) is 73.8 Å². The number of nitrogens with zero attached hydrogens (tertiary/aromatic N) is 2. The Labute approximate surface area is 240 Å². The monoisotopic (exact) mass is 589 g/mol. The number of benzene rings is 3. The fraction of sp³-hybridized carbons (Fsp3) is 0.379. The lowest BCUT2D eigenvalue weighted by Gasteiger charge is -2.31. The van der Waals surface area contributed by atoms with Crippen molar-refractivity contribution >= 4 is 61.5 Å². The highest BCUT2D eigenvalue weighted by Crippen LogP contribution is 2.42. The fourth-order valence-corrected chi connectivity index (χ4v) is 7.05. The third kappa shape index (κ3) is 6.18. The molecule has 3 aromatic carbocycles. The van der Waals surface area contributed by atoms with E-state index in [-0.39, 0.29) is 36.2 Å². The minimum absolute atomic E-state index is 0.0817. The molecule has 1 heterocycles. The SMILES string of the molecule is CCCCNC(=O)[C@@H](CC)N(Cc1ccc(Cl)c(Cl)c1)C(=O)CCCN1c2cccc3cccc(c23)S1(=O)=O. The molecular weight excluding hydrogens is 557 g/mol. The maximum atomic E-state index is 13.6. The number of amides is 2. The first-order valence-corrected chi connectivity index (χ1v) is 15.4. The molecule has 4 rings (SSSR count). The summed E-state index contributed by atoms with van der Waals surface area (Å²) >= 11 is 12.3. The van der Waals surface area contributed by atoms with Gasteiger partial charge in [-0.15, -0.1) is 0 Å². The molecule has 0 spiro atoms. The van der Waals surface area contributed by atoms with Crippen molar-refractivity contribution in [3.05, 3.63) is 70.2 Å². The lowest BCUT2D eigenvalue weighted by Crippen LogP contribution is -2.49. The number of sulfonamides is 1. The van der Waals surface area contributed by atoms with Crippen molar-refractivity contribution in [3.63, 3.8) is 0 Å². The summed E-state index contributed by atoms with van der Waals surface area (Å²) in [4.78, 5) is 28.5. The van der Waals surface area contributed by atoms with Gasteiger partial charge in [-0.25, -0.2) is 8.42 Å². The smallest absolute Gasteiger partial charge is 0.265 e. The Balaban J connectivity index is 1.52. The van der Waals surface area contributed by atoms with Crippen LogP contribution >= 0.6 is 23.2 Å². The molecule has 1 N–H and O–H groups in total. The molecule has 0 radical (unpaired) electrons. The van der Waals surface area contributed by atoms with E-state index in [0.717, 1.165) is 23.8 Å². The lowest BCUT2D eigenvalue weighted by atomic mass is 10.1. The van der Waals surface area contributed by atoms with E-state index >= 15 is 0 Å². The van der Waals surface area contributed by atoms with Gasteiger partial charge in [0.1, 0.15) is 6.04 Å². The topological polar surface area (TPSA) is 86.8 Å². The highest BCUT2D eigenvalue weighted by molar-refractivity contribution is 7.93. The molecule has 1 atom stereocenters. The van der Waals surface area contributed by atoms with Gasteiger partial charge in [0.2, 0.25) is 11.8 Å². The summed E-state index contributed by atoms with van der Waals surface area (Å²) in [7, 11) is -3.70. The molecule has 0 unspecified atom stereocenters. The first-order chi connectivity index (χ1) is 18.7. The number of carbonyl (C=O) groups excluding carboxylic acids is 2. The van der Waals surface area contributed by atoms with Crippen LogP contribution in [0.25, 0.3) is 10.8 Å². The summed E-state index contributed by atoms with van der Waals surface area (Å²) in [5.41, 5.74) is 1.38. The fourth-order valence-electron chi connectivity index (χ4n) is 4.98. The number of rotatable bonds is 12. The van der Waals surface area contributed by atoms with Gasteiger partial charge in [0, 0.05) is 31.4 Å². The Bertz CT molecular complexity index is 1470. The second-order valence-corrected chi connectivity index (χ2v) is 12.3. The largest absolute Gasteiger partial charge is 0.354 e. The van der Waals surface area contributed by atoms with Crippen LogP contribution in [0, 0.1) is 0 Å². The van der Waals surface area contributed by atoms with E-state index in [1.165, 1.54) is 4.31 Å². The Kier molecular flexibility index (Phi) is 9.41. The second-order valence-electron chi connectivity index (χ2n) is 9.65. The number of hydrogen-bond donors (Lipinski definition) is 1. The van der Waals surface area contributed by atoms with Gasteiger partial charge in [0.05, 0.1) is 20.6 Å². The van der Waals surface area contributed by atoms with Crippen molar-refractivity contribution in [3.8, 4) is 0 Å². The Morgan fingerprint density at radius 2 is 1.74 bits per heavy atom. The molecule has 0 aromatic heterocycles. The van der Waals surface area contributed by atoms with E-state index in [4.69, 9.17) is 23.2 Å². The minimum Gasteiger partial charge on any atom is -0.354 e. The van der Waals surface area contributed by atoms with Gasteiger partial charge in [-0.2, -0.15) is 0 Å². The molecule has 3 aromatic rings. The van der Waals surface area contributed by atoms with E-state index in [9.17, 15) is 18.0 Å². The molecule has 0 fully saturated rings. The Morgan fingerprint density at radius 3 is 2.44 bits per heavy atom. The van der Waals surface area contributed by atoms with E-state index in [1.807, 2.05) is 32.0 Å². The first-order valence-electron chi connectivity index (χ1n) is 13.2. The van der Waals surface area contributed by atoms with Crippen molar-refractivity contribution < 1.29 is 18.0 Å². The summed E-state index contributed by atoms with van der Waals surface area (Å²) in [6.45, 7) is 4.79. The quantitative estimate of drug-likeness (QED) is 0.256. The first kappa shape index (κ1) is 29.2. The molecule has 39 heavy (non-hydrogen) atoms. The Morgan fingerprint density at radius 1 is 1.00 bits per heavy atom. The molecule has 7 nitrogen and oxygen atoms in total. The molecule has 0 bridgehead atoms. The molecule has 0 saturated carbocycles. The van der Waals surface area contributed by atoms with Gasteiger partial charge >= 0.3 is 0 Å². The summed E-state index contributed by atoms with van der Waals surface area (Å²) in [5, 5.41) is 5.29. The van der Waals surface area contributed by atoms with Crippen LogP contribution in [0.4, 0.5) is 5.69 Å². The van der Waals surface area contributed by atoms with Gasteiger partial charge in [-0.3, -0.25) is 13.9 Å². The van der Waals surface area contributed by atoms with E-state index in [2.05, 4.69) is 5.32 Å². The zero-order valence-corrected chi connectivity index (χ0v) is 24.5. The highest BCUT2D eigenvalue weighted by Gasteiger charge is 2.35. The zero-order valence-electron chi connectivity index (χ0n) is 22.1. The third-order valence-electron chi connectivity index (χ3n) is 6.99. The second kappa shape index (κ2) is 12.6. The van der Waals surface area contributed by atoms with Crippen molar-refractivity contribution in [1.82, 2.24) is 10.2 Å². The van der Waals surface area contributed by atoms with Gasteiger partial charge in [0.25, 0.3) is 10.0 Å². The summed E-state index contributed by atoms with van der Waals surface area (Å²) in [6, 6.07) is 15.2. The molecule has 0 saturated heterocycles. The van der Waals surface area contributed by atoms with Crippen molar-refractivity contribution in [1.29, 1.82) is 0 Å². The molecule has 208 valence electrons. The van der Waals surface area contributed by atoms with Crippen LogP contribution in [-0.2, 0) is 26.2 Å². The summed E-state index contributed by atoms with van der Waals surface area (Å²) in [5.74, 6) is -0.436. The number of halogens is 2. The molecule has 0 aliphatic carbocycles. The number of hydrogen-bond acceptors (Lipinski definition) is 4. The third-order valence-corrected chi connectivity index (χ3v) is 9.58. The standard InChI is InChI=1S/C29H33Cl2N3O4S/c1-3-5-16-32-29(36)24(4-2)33(19-20-14-15-22(30)23(31)18-20)27(35)13-8-17-34-25-11-6-9-21-10-7-12-26(28(21)25)39(34,37)38/h6-7,9-12,14-15,18,24H,3-5,8,13,16-17,19H2,1-2H3,(H,32,36)/t24-/m1/s1. The normalized spacial score (nSPS) is 14.4. The maximum Gasteiger partial charge on any atom is 0.265 e. The molecular formula is C29H33Cl2N3O4S. The van der Waals surface area contributed by atoms with Crippen LogP contribution in [-0.4, -0.2) is 44.3 Å². The predicted molar refractivity (Wildman–Crippen MR) is 157 cm³/mol. The van der Waals surface area contributed by atoms with Crippen molar-refractivity contribution in [2.24, 2.45) is 0 Å². The van der Waals surface area contributed by atoms with Crippen LogP contribution in [0.15, 0.2) is 59.5 Å². The van der Waals surface area contributed by atoms with Crippen molar-refractivity contribution in [2.45, 2.75) is 63.4 Å². The van der Waals surface area contributed by atoms with Gasteiger partial charge in [0.15, 0.2) is 0 Å². The average molecular weight is 591 g/mol. The lowest BCUT2D eigenvalue weighted by molar-refractivity contribution is -0.141. The number of anilines is 1. The molecule has 10 heteroatoms. The minimum atomic E-state index is -3.70. The predicted octanol–water partition coefficient (Wildman–Crippen LogP) is 6.16. The van der Waals surface area contributed by atoms with Gasteiger partial charge in [-0.05, 0) is 54.5 Å². The zero-order chi connectivity index (χ0) is 28.2. The van der Waals surface area contributed by atoms with Crippen LogP contribution in [0.2, 0.25) is 10.0 Å². The van der Waals surface area contributed by atoms with E-state index in [1.54, 1.807) is 41.3 Å². The van der Waals surface area contributed by atoms with Crippen LogP contribution < -0.4 is 9.62 Å². The molecule has 2 amide bonds. The van der Waals surface area contributed by atoms with E-state index < -0.39 is 16.1 Å². The Hall–Kier alpha value is -2.81. The number of unbranched alkanes of at least 4 members (excludes halogenated alkanes) is 1. The average Bonchev–Trinajstić information content (AvgIpc) is 3.13. The van der Waals surface area contributed by atoms with Gasteiger partial charge < -0.3 is 10.2 Å². The number of carbonyl (C=O) groups is 2. The number of nitrogens with one attached hydrogen (secondary N) is 1. The van der Waals surface area contributed by atoms with Crippen molar-refractivity contribution in [2.75, 3.05) is 17.4 Å².